The van der Waals surface area contributed by atoms with Crippen molar-refractivity contribution in [2.24, 2.45) is 0 Å². The van der Waals surface area contributed by atoms with Crippen LogP contribution in [0.25, 0.3) is 0 Å². The summed E-state index contributed by atoms with van der Waals surface area (Å²) in [5, 5.41) is 3.18. The van der Waals surface area contributed by atoms with Crippen molar-refractivity contribution in [1.29, 1.82) is 0 Å². The lowest BCUT2D eigenvalue weighted by Crippen LogP contribution is -2.63. The van der Waals surface area contributed by atoms with Gasteiger partial charge in [0, 0.05) is 31.9 Å². The van der Waals surface area contributed by atoms with E-state index >= 15 is 0 Å². The van der Waals surface area contributed by atoms with Gasteiger partial charge in [0.15, 0.2) is 12.3 Å². The number of benzene rings is 2. The summed E-state index contributed by atoms with van der Waals surface area (Å²) in [4.78, 5) is 75.2. The lowest BCUT2D eigenvalue weighted by molar-refractivity contribution is -0.160. The minimum Gasteiger partial charge on any atom is -0.459 e. The molecule has 2 amide bonds. The Morgan fingerprint density at radius 2 is 1.30 bits per heavy atom. The van der Waals surface area contributed by atoms with Gasteiger partial charge in [-0.1, -0.05) is 30.3 Å². The fraction of sp³-hybridized carbons (Fsp3) is 0.469. The number of Topliss-reactive ketones (excluding diaryl/α,β-unsaturated/α-hetero) is 2. The first-order valence-corrected chi connectivity index (χ1v) is 14.9. The van der Waals surface area contributed by atoms with Gasteiger partial charge in [0.2, 0.25) is 0 Å². The molecule has 0 aromatic heterocycles. The number of likely N-dealkylation sites (tertiary alicyclic amines) is 2. The maximum Gasteiger partial charge on any atom is 0.320 e. The van der Waals surface area contributed by atoms with E-state index in [1.807, 2.05) is 6.07 Å². The summed E-state index contributed by atoms with van der Waals surface area (Å²) < 4.78 is 5.64. The first-order chi connectivity index (χ1) is 20.5. The van der Waals surface area contributed by atoms with Crippen molar-refractivity contribution in [2.75, 3.05) is 42.9 Å². The van der Waals surface area contributed by atoms with Crippen molar-refractivity contribution in [2.45, 2.75) is 64.4 Å². The Bertz CT molecular complexity index is 1380. The Morgan fingerprint density at radius 1 is 0.767 bits per heavy atom. The van der Waals surface area contributed by atoms with Gasteiger partial charge in [0.05, 0.1) is 11.4 Å². The van der Waals surface area contributed by atoms with E-state index in [9.17, 15) is 24.0 Å². The highest BCUT2D eigenvalue weighted by atomic mass is 16.6. The van der Waals surface area contributed by atoms with E-state index in [0.717, 1.165) is 25.7 Å². The molecular formula is C32H39N5O6. The Hall–Kier alpha value is -4.25. The molecule has 1 N–H and O–H groups in total. The van der Waals surface area contributed by atoms with Crippen LogP contribution in [0.5, 0.6) is 0 Å². The number of nitrogens with zero attached hydrogens (tertiary/aromatic N) is 4. The average Bonchev–Trinajstić information content (AvgIpc) is 3.70. The van der Waals surface area contributed by atoms with Crippen molar-refractivity contribution >= 4 is 46.4 Å². The molecule has 43 heavy (non-hydrogen) atoms. The lowest BCUT2D eigenvalue weighted by Gasteiger charge is -2.40. The van der Waals surface area contributed by atoms with E-state index in [1.165, 1.54) is 14.7 Å². The van der Waals surface area contributed by atoms with Crippen LogP contribution in [0, 0.1) is 0 Å². The molecule has 0 radical (unpaired) electrons. The van der Waals surface area contributed by atoms with Crippen molar-refractivity contribution < 1.29 is 28.7 Å². The van der Waals surface area contributed by atoms with Crippen molar-refractivity contribution in [3.63, 3.8) is 0 Å². The maximum absolute atomic E-state index is 14.4. The van der Waals surface area contributed by atoms with E-state index in [0.29, 0.717) is 43.2 Å². The Labute approximate surface area is 251 Å². The highest BCUT2D eigenvalue weighted by Crippen LogP contribution is 2.39. The van der Waals surface area contributed by atoms with Crippen LogP contribution in [0.3, 0.4) is 0 Å². The monoisotopic (exact) mass is 589 g/mol. The number of para-hydroxylation sites is 3. The van der Waals surface area contributed by atoms with Crippen LogP contribution in [0.4, 0.5) is 17.1 Å². The van der Waals surface area contributed by atoms with Crippen molar-refractivity contribution in [1.82, 2.24) is 14.7 Å². The number of nitrogens with one attached hydrogen (secondary N) is 1. The molecular weight excluding hydrogens is 550 g/mol. The van der Waals surface area contributed by atoms with Gasteiger partial charge >= 0.3 is 5.97 Å². The van der Waals surface area contributed by atoms with Crippen LogP contribution in [0.1, 0.15) is 46.5 Å². The summed E-state index contributed by atoms with van der Waals surface area (Å²) in [6.45, 7) is 6.41. The average molecular weight is 590 g/mol. The van der Waals surface area contributed by atoms with E-state index in [1.54, 1.807) is 74.2 Å². The summed E-state index contributed by atoms with van der Waals surface area (Å²) in [6.07, 6.45) is 0.256. The molecule has 2 fully saturated rings. The molecule has 2 saturated heterocycles. The molecule has 0 spiro atoms. The Kier molecular flexibility index (Phi) is 8.82. The largest absolute Gasteiger partial charge is 0.459 e. The predicted octanol–water partition coefficient (Wildman–Crippen LogP) is 2.93. The molecule has 0 aliphatic carbocycles. The first-order valence-electron chi connectivity index (χ1n) is 14.9. The number of rotatable bonds is 7. The Morgan fingerprint density at radius 3 is 1.88 bits per heavy atom. The fourth-order valence-electron chi connectivity index (χ4n) is 5.89. The SMILES string of the molecule is CC(C)(C)OC(=O)CN1C(C(=O)C(=O)N2CCCC2)Nc2ccccc2N(c2ccccc2)C1C(=O)C(=O)N1CCCC1. The molecule has 2 atom stereocenters. The molecule has 228 valence electrons. The predicted molar refractivity (Wildman–Crippen MR) is 160 cm³/mol. The number of ketones is 2. The molecule has 2 aromatic rings. The molecule has 11 heteroatoms. The standard InChI is InChI=1S/C32H39N5O6/c1-32(2,3)43-25(38)21-36-28(26(39)30(41)34-17-9-10-18-34)33-23-15-7-8-16-24(23)37(22-13-5-4-6-14-22)29(36)27(40)31(42)35-19-11-12-20-35/h4-8,13-16,28-29,33H,9-12,17-21H2,1-3H3. The third-order valence-electron chi connectivity index (χ3n) is 7.80. The summed E-state index contributed by atoms with van der Waals surface area (Å²) in [5.41, 5.74) is 0.697. The van der Waals surface area contributed by atoms with Gasteiger partial charge in [0.1, 0.15) is 12.1 Å². The van der Waals surface area contributed by atoms with E-state index in [-0.39, 0.29) is 0 Å². The molecule has 3 aliphatic heterocycles. The van der Waals surface area contributed by atoms with Gasteiger partial charge in [-0.05, 0) is 70.7 Å². The van der Waals surface area contributed by atoms with Gasteiger partial charge in [-0.3, -0.25) is 24.0 Å². The third kappa shape index (κ3) is 6.56. The second kappa shape index (κ2) is 12.5. The third-order valence-corrected chi connectivity index (χ3v) is 7.80. The van der Waals surface area contributed by atoms with Crippen LogP contribution >= 0.6 is 0 Å². The zero-order valence-corrected chi connectivity index (χ0v) is 25.0. The zero-order chi connectivity index (χ0) is 30.7. The smallest absolute Gasteiger partial charge is 0.320 e. The number of hydrogen-bond acceptors (Lipinski definition) is 9. The van der Waals surface area contributed by atoms with Crippen LogP contribution < -0.4 is 10.2 Å². The summed E-state index contributed by atoms with van der Waals surface area (Å²) in [7, 11) is 0. The van der Waals surface area contributed by atoms with Gasteiger partial charge in [-0.2, -0.15) is 0 Å². The number of carbonyl (C=O) groups is 5. The second-order valence-electron chi connectivity index (χ2n) is 12.1. The fourth-order valence-corrected chi connectivity index (χ4v) is 5.89. The van der Waals surface area contributed by atoms with E-state index < -0.39 is 53.8 Å². The number of fused-ring (bicyclic) bond motifs is 1. The van der Waals surface area contributed by atoms with Crippen LogP contribution in [-0.4, -0.2) is 94.7 Å². The first kappa shape index (κ1) is 30.2. The molecule has 3 heterocycles. The Balaban J connectivity index is 1.68. The van der Waals surface area contributed by atoms with Crippen LogP contribution in [0.15, 0.2) is 54.6 Å². The van der Waals surface area contributed by atoms with Gasteiger partial charge < -0.3 is 24.8 Å². The topological polar surface area (TPSA) is 120 Å². The van der Waals surface area contributed by atoms with Crippen molar-refractivity contribution in [3.05, 3.63) is 54.6 Å². The quantitative estimate of drug-likeness (QED) is 0.384. The minimum absolute atomic E-state index is 0.444. The van der Waals surface area contributed by atoms with E-state index in [2.05, 4.69) is 5.32 Å². The number of anilines is 3. The van der Waals surface area contributed by atoms with Crippen LogP contribution in [0.2, 0.25) is 0 Å². The minimum atomic E-state index is -1.44. The zero-order valence-electron chi connectivity index (χ0n) is 25.0. The molecule has 3 aliphatic rings. The van der Waals surface area contributed by atoms with Gasteiger partial charge in [0.25, 0.3) is 23.4 Å². The summed E-state index contributed by atoms with van der Waals surface area (Å²) in [5.74, 6) is -3.73. The molecule has 0 saturated carbocycles. The second-order valence-corrected chi connectivity index (χ2v) is 12.1. The number of amides is 2. The summed E-state index contributed by atoms with van der Waals surface area (Å²) in [6, 6.07) is 16.1. The van der Waals surface area contributed by atoms with E-state index in [4.69, 9.17) is 4.74 Å². The lowest BCUT2D eigenvalue weighted by atomic mass is 10.1. The highest BCUT2D eigenvalue weighted by molar-refractivity contribution is 6.40. The number of carbonyl (C=O) groups excluding carboxylic acids is 5. The number of esters is 1. The van der Waals surface area contributed by atoms with Crippen LogP contribution in [-0.2, 0) is 28.7 Å². The number of hydrogen-bond donors (Lipinski definition) is 1. The van der Waals surface area contributed by atoms with Gasteiger partial charge in [-0.15, -0.1) is 0 Å². The number of ether oxygens (including phenoxy) is 1. The van der Waals surface area contributed by atoms with Gasteiger partial charge in [-0.25, -0.2) is 4.90 Å². The molecule has 2 unspecified atom stereocenters. The maximum atomic E-state index is 14.4. The molecule has 11 nitrogen and oxygen atoms in total. The molecule has 0 bridgehead atoms. The normalized spacial score (nSPS) is 20.7. The highest BCUT2D eigenvalue weighted by Gasteiger charge is 2.49. The molecule has 5 rings (SSSR count). The summed E-state index contributed by atoms with van der Waals surface area (Å²) >= 11 is 0. The van der Waals surface area contributed by atoms with Crippen molar-refractivity contribution in [3.8, 4) is 0 Å². The molecule has 2 aromatic carbocycles.